The Kier molecular flexibility index (Phi) is 7.15. The predicted octanol–water partition coefficient (Wildman–Crippen LogP) is 0.823. The molecule has 0 spiro atoms. The zero-order valence-corrected chi connectivity index (χ0v) is 7.86. The fourth-order valence-electron chi connectivity index (χ4n) is 0.893. The number of aliphatic hydroxyl groups is 2. The van der Waals surface area contributed by atoms with Gasteiger partial charge in [0.2, 0.25) is 0 Å². The third-order valence-electron chi connectivity index (χ3n) is 1.72. The van der Waals surface area contributed by atoms with Crippen LogP contribution in [-0.4, -0.2) is 29.7 Å². The quantitative estimate of drug-likeness (QED) is 0.365. The highest BCUT2D eigenvalue weighted by molar-refractivity contribution is 5.73. The van der Waals surface area contributed by atoms with Gasteiger partial charge in [0.15, 0.2) is 0 Å². The lowest BCUT2D eigenvalue weighted by Crippen LogP contribution is -1.91. The van der Waals surface area contributed by atoms with Crippen LogP contribution >= 0.6 is 0 Å². The average molecular weight is 184 g/mol. The number of carbonyl (C=O) groups excluding carboxylic acids is 1. The van der Waals surface area contributed by atoms with Crippen molar-refractivity contribution in [3.63, 3.8) is 0 Å². The first kappa shape index (κ1) is 12.1. The lowest BCUT2D eigenvalue weighted by atomic mass is 10.1. The van der Waals surface area contributed by atoms with E-state index in [0.717, 1.165) is 18.4 Å². The van der Waals surface area contributed by atoms with Gasteiger partial charge in [-0.3, -0.25) is 4.79 Å². The number of hydrogen-bond donors (Lipinski definition) is 2. The smallest absolute Gasteiger partial charge is 0.148 e. The van der Waals surface area contributed by atoms with E-state index < -0.39 is 0 Å². The maximum Gasteiger partial charge on any atom is 0.148 e. The number of rotatable bonds is 6. The molecule has 0 saturated heterocycles. The van der Waals surface area contributed by atoms with Gasteiger partial charge in [-0.2, -0.15) is 0 Å². The molecule has 13 heavy (non-hydrogen) atoms. The Morgan fingerprint density at radius 2 is 2.00 bits per heavy atom. The minimum absolute atomic E-state index is 0.0517. The second kappa shape index (κ2) is 7.71. The van der Waals surface area contributed by atoms with E-state index >= 15 is 0 Å². The molecule has 0 saturated carbocycles. The highest BCUT2D eigenvalue weighted by atomic mass is 16.3. The van der Waals surface area contributed by atoms with Crippen LogP contribution < -0.4 is 0 Å². The number of allylic oxidation sites excluding steroid dienone is 2. The van der Waals surface area contributed by atoms with Crippen LogP contribution in [0.2, 0.25) is 0 Å². The lowest BCUT2D eigenvalue weighted by Gasteiger charge is -1.97. The summed E-state index contributed by atoms with van der Waals surface area (Å²) in [6.07, 6.45) is 5.62. The zero-order chi connectivity index (χ0) is 10.1. The van der Waals surface area contributed by atoms with Crippen LogP contribution in [0.4, 0.5) is 0 Å². The number of aldehydes is 1. The van der Waals surface area contributed by atoms with Gasteiger partial charge in [-0.05, 0) is 19.8 Å². The second-order valence-electron chi connectivity index (χ2n) is 2.83. The number of aliphatic hydroxyl groups excluding tert-OH is 2. The largest absolute Gasteiger partial charge is 0.392 e. The molecule has 0 bridgehead atoms. The first-order valence-electron chi connectivity index (χ1n) is 4.26. The molecule has 74 valence electrons. The van der Waals surface area contributed by atoms with Crippen molar-refractivity contribution in [1.29, 1.82) is 0 Å². The van der Waals surface area contributed by atoms with Gasteiger partial charge >= 0.3 is 0 Å². The van der Waals surface area contributed by atoms with Crippen molar-refractivity contribution in [2.24, 2.45) is 0 Å². The molecular weight excluding hydrogens is 168 g/mol. The SMILES string of the molecule is C/C(=C/CO)CC/C=C(/C=O)CO. The molecule has 3 nitrogen and oxygen atoms in total. The topological polar surface area (TPSA) is 57.5 Å². The molecule has 0 aromatic rings. The fourth-order valence-corrected chi connectivity index (χ4v) is 0.893. The molecule has 0 aliphatic heterocycles. The normalized spacial score (nSPS) is 13.2. The molecule has 0 heterocycles. The van der Waals surface area contributed by atoms with Gasteiger partial charge in [0.05, 0.1) is 13.2 Å². The molecule has 0 unspecified atom stereocenters. The van der Waals surface area contributed by atoms with E-state index in [1.165, 1.54) is 0 Å². The Labute approximate surface area is 78.4 Å². The molecule has 0 aliphatic rings. The highest BCUT2D eigenvalue weighted by Gasteiger charge is 1.92. The summed E-state index contributed by atoms with van der Waals surface area (Å²) in [4.78, 5) is 10.3. The number of carbonyl (C=O) groups is 1. The highest BCUT2D eigenvalue weighted by Crippen LogP contribution is 2.05. The van der Waals surface area contributed by atoms with Crippen molar-refractivity contribution in [2.45, 2.75) is 19.8 Å². The predicted molar refractivity (Wildman–Crippen MR) is 51.3 cm³/mol. The molecule has 0 aromatic heterocycles. The molecular formula is C10H16O3. The summed E-state index contributed by atoms with van der Waals surface area (Å²) in [7, 11) is 0. The first-order chi connectivity index (χ1) is 6.24. The summed E-state index contributed by atoms with van der Waals surface area (Å²) in [5.74, 6) is 0. The van der Waals surface area contributed by atoms with E-state index in [2.05, 4.69) is 0 Å². The average Bonchev–Trinajstić information content (AvgIpc) is 2.13. The summed E-state index contributed by atoms with van der Waals surface area (Å²) >= 11 is 0. The van der Waals surface area contributed by atoms with E-state index in [1.807, 2.05) is 6.92 Å². The third-order valence-corrected chi connectivity index (χ3v) is 1.72. The van der Waals surface area contributed by atoms with Gasteiger partial charge in [-0.25, -0.2) is 0 Å². The van der Waals surface area contributed by atoms with Crippen LogP contribution in [0.25, 0.3) is 0 Å². The maximum absolute atomic E-state index is 10.3. The molecule has 0 aliphatic carbocycles. The van der Waals surface area contributed by atoms with Gasteiger partial charge in [0, 0.05) is 5.57 Å². The summed E-state index contributed by atoms with van der Waals surface area (Å²) in [5, 5.41) is 17.2. The van der Waals surface area contributed by atoms with Crippen molar-refractivity contribution in [1.82, 2.24) is 0 Å². The van der Waals surface area contributed by atoms with E-state index in [4.69, 9.17) is 10.2 Å². The molecule has 2 N–H and O–H groups in total. The van der Waals surface area contributed by atoms with Gasteiger partial charge in [0.25, 0.3) is 0 Å². The molecule has 3 heteroatoms. The van der Waals surface area contributed by atoms with Crippen LogP contribution in [-0.2, 0) is 4.79 Å². The Bertz CT molecular complexity index is 204. The molecule has 0 atom stereocenters. The minimum atomic E-state index is -0.202. The summed E-state index contributed by atoms with van der Waals surface area (Å²) < 4.78 is 0. The van der Waals surface area contributed by atoms with Crippen LogP contribution in [0.5, 0.6) is 0 Å². The molecule has 0 fully saturated rings. The van der Waals surface area contributed by atoms with Crippen molar-refractivity contribution in [3.8, 4) is 0 Å². The monoisotopic (exact) mass is 184 g/mol. The Balaban J connectivity index is 3.83. The molecule has 0 amide bonds. The van der Waals surface area contributed by atoms with Crippen molar-refractivity contribution >= 4 is 6.29 Å². The van der Waals surface area contributed by atoms with E-state index in [0.29, 0.717) is 11.9 Å². The third kappa shape index (κ3) is 6.25. The summed E-state index contributed by atoms with van der Waals surface area (Å²) in [6.45, 7) is 1.77. The van der Waals surface area contributed by atoms with E-state index in [-0.39, 0.29) is 13.2 Å². The van der Waals surface area contributed by atoms with Gasteiger partial charge < -0.3 is 10.2 Å². The fraction of sp³-hybridized carbons (Fsp3) is 0.500. The molecule has 0 rings (SSSR count). The summed E-state index contributed by atoms with van der Waals surface area (Å²) in [6, 6.07) is 0. The van der Waals surface area contributed by atoms with Crippen molar-refractivity contribution in [3.05, 3.63) is 23.3 Å². The second-order valence-corrected chi connectivity index (χ2v) is 2.83. The molecule has 0 radical (unpaired) electrons. The van der Waals surface area contributed by atoms with Gasteiger partial charge in [0.1, 0.15) is 6.29 Å². The van der Waals surface area contributed by atoms with Gasteiger partial charge in [-0.1, -0.05) is 17.7 Å². The Hall–Kier alpha value is -0.930. The van der Waals surface area contributed by atoms with Crippen LogP contribution in [0.15, 0.2) is 23.3 Å². The lowest BCUT2D eigenvalue weighted by molar-refractivity contribution is -0.105. The molecule has 0 aromatic carbocycles. The Morgan fingerprint density at radius 3 is 2.46 bits per heavy atom. The van der Waals surface area contributed by atoms with Crippen molar-refractivity contribution in [2.75, 3.05) is 13.2 Å². The minimum Gasteiger partial charge on any atom is -0.392 e. The van der Waals surface area contributed by atoms with E-state index in [9.17, 15) is 4.79 Å². The zero-order valence-electron chi connectivity index (χ0n) is 7.86. The number of hydrogen-bond acceptors (Lipinski definition) is 3. The van der Waals surface area contributed by atoms with Crippen LogP contribution in [0, 0.1) is 0 Å². The standard InChI is InChI=1S/C10H16O3/c1-9(5-6-11)3-2-4-10(7-12)8-13/h4-5,7,11,13H,2-3,6,8H2,1H3/b9-5-,10-4-. The van der Waals surface area contributed by atoms with Crippen LogP contribution in [0.3, 0.4) is 0 Å². The van der Waals surface area contributed by atoms with E-state index in [1.54, 1.807) is 12.2 Å². The Morgan fingerprint density at radius 1 is 1.31 bits per heavy atom. The first-order valence-corrected chi connectivity index (χ1v) is 4.26. The van der Waals surface area contributed by atoms with Gasteiger partial charge in [-0.15, -0.1) is 0 Å². The maximum atomic E-state index is 10.3. The van der Waals surface area contributed by atoms with Crippen LogP contribution in [0.1, 0.15) is 19.8 Å². The van der Waals surface area contributed by atoms with Crippen molar-refractivity contribution < 1.29 is 15.0 Å². The summed E-state index contributed by atoms with van der Waals surface area (Å²) in [5.41, 5.74) is 1.50.